The second-order valence-corrected chi connectivity index (χ2v) is 17.7. The molecule has 0 atom stereocenters. The Bertz CT molecular complexity index is 846. The van der Waals surface area contributed by atoms with Crippen molar-refractivity contribution in [2.24, 2.45) is 0 Å². The Balaban J connectivity index is 3.41. The molecule has 0 saturated heterocycles. The molecule has 0 aromatic rings. The van der Waals surface area contributed by atoms with Gasteiger partial charge in [-0.1, -0.05) is 0 Å². The normalized spacial score (nSPS) is 11.9. The average Bonchev–Trinajstić information content (AvgIpc) is 3.22. The highest BCUT2D eigenvalue weighted by Gasteiger charge is 2.40. The van der Waals surface area contributed by atoms with E-state index in [-0.39, 0.29) is 26.4 Å². The first-order valence-electron chi connectivity index (χ1n) is 21.6. The molecule has 0 aliphatic rings. The number of alkyl carbamates (subject to hydrolysis) is 2. The number of ether oxygens (including phenoxy) is 10. The van der Waals surface area contributed by atoms with Crippen molar-refractivity contribution >= 4 is 29.8 Å². The van der Waals surface area contributed by atoms with Crippen LogP contribution in [0.2, 0.25) is 12.1 Å². The summed E-state index contributed by atoms with van der Waals surface area (Å²) in [5, 5.41) is 5.45. The molecule has 0 spiro atoms. The molecule has 0 saturated carbocycles. The van der Waals surface area contributed by atoms with E-state index in [1.807, 2.05) is 41.5 Å². The van der Waals surface area contributed by atoms with Gasteiger partial charge in [0.2, 0.25) is 0 Å². The molecule has 0 aromatic heterocycles. The topological polar surface area (TPSA) is 206 Å². The van der Waals surface area contributed by atoms with Crippen molar-refractivity contribution in [3.05, 3.63) is 0 Å². The Labute approximate surface area is 361 Å². The molecule has 0 radical (unpaired) electrons. The van der Waals surface area contributed by atoms with E-state index in [1.165, 1.54) is 0 Å². The highest BCUT2D eigenvalue weighted by atomic mass is 28.4. The van der Waals surface area contributed by atoms with E-state index in [0.717, 1.165) is 0 Å². The largest absolute Gasteiger partial charge is 0.500 e. The third-order valence-electron chi connectivity index (χ3n) is 7.57. The Morgan fingerprint density at radius 1 is 0.333 bits per heavy atom. The van der Waals surface area contributed by atoms with E-state index in [9.17, 15) is 9.59 Å². The lowest BCUT2D eigenvalue weighted by Gasteiger charge is -2.28. The minimum Gasteiger partial charge on any atom is -0.447 e. The van der Waals surface area contributed by atoms with Crippen molar-refractivity contribution in [1.29, 1.82) is 0 Å². The SMILES string of the molecule is CCO[Si](CCCNC(=O)OCCOCCOCCOCCOCCOCCOCCOCCOCCOC(=O)NCCC[Si](OCC)(OCC)OCC)(OCC)OCC. The zero-order valence-corrected chi connectivity index (χ0v) is 39.6. The van der Waals surface area contributed by atoms with E-state index < -0.39 is 29.8 Å². The van der Waals surface area contributed by atoms with Crippen molar-refractivity contribution in [2.75, 3.05) is 172 Å². The van der Waals surface area contributed by atoms with Crippen LogP contribution in [0.25, 0.3) is 0 Å². The van der Waals surface area contributed by atoms with Crippen LogP contribution in [-0.2, 0) is 73.9 Å². The number of hydrogen-bond acceptors (Lipinski definition) is 18. The summed E-state index contributed by atoms with van der Waals surface area (Å²) in [5.41, 5.74) is 0. The van der Waals surface area contributed by atoms with Crippen molar-refractivity contribution in [1.82, 2.24) is 10.6 Å². The highest BCUT2D eigenvalue weighted by molar-refractivity contribution is 6.61. The zero-order valence-electron chi connectivity index (χ0n) is 37.6. The fourth-order valence-corrected chi connectivity index (χ4v) is 10.3. The Hall–Kier alpha value is -1.59. The van der Waals surface area contributed by atoms with Crippen LogP contribution in [0.1, 0.15) is 54.4 Å². The minimum absolute atomic E-state index is 0.146. The number of amides is 2. The summed E-state index contributed by atoms with van der Waals surface area (Å²) in [5.74, 6) is 0. The van der Waals surface area contributed by atoms with Gasteiger partial charge in [0.15, 0.2) is 0 Å². The van der Waals surface area contributed by atoms with Crippen LogP contribution in [0, 0.1) is 0 Å². The lowest BCUT2D eigenvalue weighted by Crippen LogP contribution is -2.46. The maximum absolute atomic E-state index is 11.9. The Morgan fingerprint density at radius 3 is 0.733 bits per heavy atom. The average molecular weight is 909 g/mol. The molecule has 0 aromatic carbocycles. The molecule has 22 heteroatoms. The van der Waals surface area contributed by atoms with Crippen LogP contribution >= 0.6 is 0 Å². The second-order valence-electron chi connectivity index (χ2n) is 12.2. The monoisotopic (exact) mass is 908 g/mol. The number of carbonyl (C=O) groups excluding carboxylic acids is 2. The Kier molecular flexibility index (Phi) is 42.9. The highest BCUT2D eigenvalue weighted by Crippen LogP contribution is 2.19. The van der Waals surface area contributed by atoms with Gasteiger partial charge in [0.1, 0.15) is 13.2 Å². The summed E-state index contributed by atoms with van der Waals surface area (Å²) in [6.07, 6.45) is 0.328. The van der Waals surface area contributed by atoms with E-state index in [4.69, 9.17) is 73.9 Å². The predicted octanol–water partition coefficient (Wildman–Crippen LogP) is 3.45. The van der Waals surface area contributed by atoms with E-state index in [0.29, 0.717) is 170 Å². The smallest absolute Gasteiger partial charge is 0.447 e. The third-order valence-corrected chi connectivity index (χ3v) is 13.9. The maximum Gasteiger partial charge on any atom is 0.500 e. The fraction of sp³-hybridized carbons (Fsp3) is 0.947. The minimum atomic E-state index is -2.71. The van der Waals surface area contributed by atoms with E-state index in [1.54, 1.807) is 0 Å². The van der Waals surface area contributed by atoms with Crippen LogP contribution in [-0.4, -0.2) is 201 Å². The van der Waals surface area contributed by atoms with Gasteiger partial charge >= 0.3 is 29.8 Å². The number of nitrogens with one attached hydrogen (secondary N) is 2. The molecule has 2 N–H and O–H groups in total. The summed E-state index contributed by atoms with van der Waals surface area (Å²) in [4.78, 5) is 23.8. The molecule has 20 nitrogen and oxygen atoms in total. The van der Waals surface area contributed by atoms with Gasteiger partial charge < -0.3 is 84.6 Å². The Morgan fingerprint density at radius 2 is 0.533 bits per heavy atom. The van der Waals surface area contributed by atoms with Gasteiger partial charge in [0, 0.05) is 64.8 Å². The lowest BCUT2D eigenvalue weighted by molar-refractivity contribution is -0.0247. The van der Waals surface area contributed by atoms with Crippen LogP contribution in [0.4, 0.5) is 9.59 Å². The van der Waals surface area contributed by atoms with Crippen LogP contribution in [0.3, 0.4) is 0 Å². The number of hydrogen-bond donors (Lipinski definition) is 2. The third kappa shape index (κ3) is 36.0. The number of rotatable bonds is 47. The summed E-state index contributed by atoms with van der Waals surface area (Å²) in [7, 11) is -5.42. The molecule has 0 aliphatic carbocycles. The van der Waals surface area contributed by atoms with Gasteiger partial charge in [-0.25, -0.2) is 9.59 Å². The lowest BCUT2D eigenvalue weighted by atomic mass is 10.5. The molecule has 0 aliphatic heterocycles. The summed E-state index contributed by atoms with van der Waals surface area (Å²) < 4.78 is 88.9. The van der Waals surface area contributed by atoms with Gasteiger partial charge in [-0.2, -0.15) is 0 Å². The molecule has 0 unspecified atom stereocenters. The first-order chi connectivity index (χ1) is 29.4. The summed E-state index contributed by atoms with van der Waals surface area (Å²) in [6.45, 7) is 22.4. The van der Waals surface area contributed by atoms with Gasteiger partial charge in [-0.05, 0) is 54.4 Å². The molecule has 0 fully saturated rings. The molecular formula is C38H80N2O18Si2. The summed E-state index contributed by atoms with van der Waals surface area (Å²) >= 11 is 0. The molecule has 2 amide bonds. The molecular weight excluding hydrogens is 829 g/mol. The standard InChI is InChI=1S/C38H80N2O18Si2/c1-7-53-59(54-8-2,55-9-3)35-13-15-39-37(41)51-33-31-49-29-27-47-25-23-45-21-19-43-17-18-44-20-22-46-24-26-48-28-30-50-32-34-52-38(42)40-16-14-36-60(56-10-4,57-11-5)58-12-6/h7-36H2,1-6H3,(H,39,41)(H,40,42). The molecule has 60 heavy (non-hydrogen) atoms. The van der Waals surface area contributed by atoms with Gasteiger partial charge in [0.25, 0.3) is 0 Å². The molecule has 0 bridgehead atoms. The van der Waals surface area contributed by atoms with Crippen LogP contribution < -0.4 is 10.6 Å². The fourth-order valence-electron chi connectivity index (χ4n) is 5.12. The van der Waals surface area contributed by atoms with Crippen molar-refractivity contribution in [2.45, 2.75) is 66.5 Å². The summed E-state index contributed by atoms with van der Waals surface area (Å²) in [6, 6.07) is 1.24. The van der Waals surface area contributed by atoms with Crippen molar-refractivity contribution in [3.63, 3.8) is 0 Å². The quantitative estimate of drug-likeness (QED) is 0.0663. The van der Waals surface area contributed by atoms with Crippen molar-refractivity contribution < 1.29 is 83.5 Å². The molecule has 358 valence electrons. The zero-order chi connectivity index (χ0) is 44.1. The first kappa shape index (κ1) is 58.4. The van der Waals surface area contributed by atoms with Gasteiger partial charge in [0.05, 0.1) is 106 Å². The first-order valence-corrected chi connectivity index (χ1v) is 25.5. The van der Waals surface area contributed by atoms with Gasteiger partial charge in [-0.3, -0.25) is 0 Å². The maximum atomic E-state index is 11.9. The number of carbonyl (C=O) groups is 2. The van der Waals surface area contributed by atoms with Crippen molar-refractivity contribution in [3.8, 4) is 0 Å². The second kappa shape index (κ2) is 44.0. The van der Waals surface area contributed by atoms with Gasteiger partial charge in [-0.15, -0.1) is 0 Å². The van der Waals surface area contributed by atoms with E-state index >= 15 is 0 Å². The van der Waals surface area contributed by atoms with E-state index in [2.05, 4.69) is 10.6 Å². The molecule has 0 rings (SSSR count). The molecule has 0 heterocycles. The predicted molar refractivity (Wildman–Crippen MR) is 225 cm³/mol. The van der Waals surface area contributed by atoms with Crippen LogP contribution in [0.15, 0.2) is 0 Å². The van der Waals surface area contributed by atoms with Crippen LogP contribution in [0.5, 0.6) is 0 Å².